The van der Waals surface area contributed by atoms with Crippen LogP contribution in [0, 0.1) is 5.92 Å². The summed E-state index contributed by atoms with van der Waals surface area (Å²) in [7, 11) is -4.00. The van der Waals surface area contributed by atoms with E-state index in [4.69, 9.17) is 16.7 Å². The van der Waals surface area contributed by atoms with E-state index in [9.17, 15) is 13.2 Å². The summed E-state index contributed by atoms with van der Waals surface area (Å²) in [4.78, 5) is 14.2. The molecule has 1 aliphatic heterocycles. The number of likely N-dealkylation sites (tertiary alicyclic amines) is 1. The van der Waals surface area contributed by atoms with Crippen molar-refractivity contribution in [2.24, 2.45) is 11.1 Å². The van der Waals surface area contributed by atoms with Gasteiger partial charge in [0.2, 0.25) is 10.0 Å². The van der Waals surface area contributed by atoms with Crippen LogP contribution in [-0.4, -0.2) is 31.8 Å². The molecule has 1 aromatic carbocycles. The van der Waals surface area contributed by atoms with Gasteiger partial charge in [0.15, 0.2) is 0 Å². The molecule has 1 aliphatic rings. The standard InChI is InChI=1S/C14H19ClN2O3S/c1-9-6-7-10(2)17(8-9)14(18)13-11(15)4-3-5-12(13)21(16,19)20/h3-5,9-10H,6-8H2,1-2H3,(H2,16,19,20). The lowest BCUT2D eigenvalue weighted by atomic mass is 9.94. The maximum Gasteiger partial charge on any atom is 0.257 e. The summed E-state index contributed by atoms with van der Waals surface area (Å²) in [6.07, 6.45) is 1.94. The minimum absolute atomic E-state index is 0.0254. The lowest BCUT2D eigenvalue weighted by Gasteiger charge is -2.37. The van der Waals surface area contributed by atoms with Gasteiger partial charge in [-0.2, -0.15) is 0 Å². The molecule has 1 saturated heterocycles. The number of hydrogen-bond acceptors (Lipinski definition) is 3. The molecule has 0 aromatic heterocycles. The van der Waals surface area contributed by atoms with Gasteiger partial charge in [-0.1, -0.05) is 24.6 Å². The number of rotatable bonds is 2. The Bertz CT molecular complexity index is 660. The first-order valence-corrected chi connectivity index (χ1v) is 8.76. The number of primary sulfonamides is 1. The second-order valence-electron chi connectivity index (χ2n) is 5.65. The number of hydrogen-bond donors (Lipinski definition) is 1. The van der Waals surface area contributed by atoms with E-state index >= 15 is 0 Å². The molecule has 1 aromatic rings. The van der Waals surface area contributed by atoms with Crippen LogP contribution in [0.5, 0.6) is 0 Å². The van der Waals surface area contributed by atoms with Gasteiger partial charge in [-0.05, 0) is 37.8 Å². The van der Waals surface area contributed by atoms with Crippen molar-refractivity contribution in [3.05, 3.63) is 28.8 Å². The largest absolute Gasteiger partial charge is 0.336 e. The first-order valence-electron chi connectivity index (χ1n) is 6.84. The van der Waals surface area contributed by atoms with Gasteiger partial charge >= 0.3 is 0 Å². The zero-order chi connectivity index (χ0) is 15.8. The quantitative estimate of drug-likeness (QED) is 0.903. The molecule has 2 N–H and O–H groups in total. The molecular weight excluding hydrogens is 312 g/mol. The molecule has 0 radical (unpaired) electrons. The summed E-state index contributed by atoms with van der Waals surface area (Å²) in [5.74, 6) is 0.00856. The molecule has 2 unspecified atom stereocenters. The van der Waals surface area contributed by atoms with Crippen LogP contribution in [0.4, 0.5) is 0 Å². The van der Waals surface area contributed by atoms with E-state index in [1.54, 1.807) is 4.90 Å². The first kappa shape index (κ1) is 16.3. The molecule has 0 saturated carbocycles. The van der Waals surface area contributed by atoms with Crippen LogP contribution in [0.25, 0.3) is 0 Å². The van der Waals surface area contributed by atoms with E-state index in [2.05, 4.69) is 6.92 Å². The predicted octanol–water partition coefficient (Wildman–Crippen LogP) is 2.25. The fraction of sp³-hybridized carbons (Fsp3) is 0.500. The highest BCUT2D eigenvalue weighted by molar-refractivity contribution is 7.89. The number of nitrogens with zero attached hydrogens (tertiary/aromatic N) is 1. The van der Waals surface area contributed by atoms with Gasteiger partial charge in [0.1, 0.15) is 0 Å². The van der Waals surface area contributed by atoms with Crippen LogP contribution in [0.15, 0.2) is 23.1 Å². The van der Waals surface area contributed by atoms with Crippen molar-refractivity contribution in [2.45, 2.75) is 37.6 Å². The van der Waals surface area contributed by atoms with E-state index in [-0.39, 0.29) is 27.4 Å². The molecule has 1 fully saturated rings. The van der Waals surface area contributed by atoms with E-state index in [1.807, 2.05) is 6.92 Å². The fourth-order valence-corrected chi connectivity index (χ4v) is 3.73. The number of nitrogens with two attached hydrogens (primary N) is 1. The Balaban J connectivity index is 2.48. The van der Waals surface area contributed by atoms with Crippen molar-refractivity contribution in [3.63, 3.8) is 0 Å². The molecule has 0 spiro atoms. The number of sulfonamides is 1. The van der Waals surface area contributed by atoms with Crippen molar-refractivity contribution in [1.29, 1.82) is 0 Å². The predicted molar refractivity (Wildman–Crippen MR) is 81.7 cm³/mol. The van der Waals surface area contributed by atoms with Crippen LogP contribution in [-0.2, 0) is 10.0 Å². The molecule has 116 valence electrons. The van der Waals surface area contributed by atoms with Crippen molar-refractivity contribution >= 4 is 27.5 Å². The molecule has 1 heterocycles. The van der Waals surface area contributed by atoms with Crippen molar-refractivity contribution in [2.75, 3.05) is 6.54 Å². The number of carbonyl (C=O) groups excluding carboxylic acids is 1. The summed E-state index contributed by atoms with van der Waals surface area (Å²) in [5.41, 5.74) is -0.0254. The van der Waals surface area contributed by atoms with Gasteiger partial charge in [0.25, 0.3) is 5.91 Å². The van der Waals surface area contributed by atoms with Gasteiger partial charge in [-0.15, -0.1) is 0 Å². The van der Waals surface area contributed by atoms with Crippen LogP contribution in [0.2, 0.25) is 5.02 Å². The van der Waals surface area contributed by atoms with Gasteiger partial charge < -0.3 is 4.90 Å². The van der Waals surface area contributed by atoms with Crippen molar-refractivity contribution in [3.8, 4) is 0 Å². The van der Waals surface area contributed by atoms with Crippen LogP contribution >= 0.6 is 11.6 Å². The maximum atomic E-state index is 12.8. The molecule has 0 bridgehead atoms. The highest BCUT2D eigenvalue weighted by atomic mass is 35.5. The molecule has 21 heavy (non-hydrogen) atoms. The Morgan fingerprint density at radius 1 is 1.33 bits per heavy atom. The maximum absolute atomic E-state index is 12.8. The highest BCUT2D eigenvalue weighted by Crippen LogP contribution is 2.29. The third-order valence-electron chi connectivity index (χ3n) is 3.87. The summed E-state index contributed by atoms with van der Waals surface area (Å²) < 4.78 is 23.4. The Morgan fingerprint density at radius 2 is 2.00 bits per heavy atom. The van der Waals surface area contributed by atoms with E-state index < -0.39 is 10.0 Å². The summed E-state index contributed by atoms with van der Waals surface area (Å²) >= 11 is 6.07. The normalized spacial score (nSPS) is 23.1. The van der Waals surface area contributed by atoms with Gasteiger partial charge in [0, 0.05) is 12.6 Å². The monoisotopic (exact) mass is 330 g/mol. The van der Waals surface area contributed by atoms with Crippen LogP contribution in [0.3, 0.4) is 0 Å². The lowest BCUT2D eigenvalue weighted by molar-refractivity contribution is 0.0570. The topological polar surface area (TPSA) is 80.5 Å². The SMILES string of the molecule is CC1CCC(C)N(C(=O)c2c(Cl)cccc2S(N)(=O)=O)C1. The second-order valence-corrected chi connectivity index (χ2v) is 7.58. The molecule has 0 aliphatic carbocycles. The highest BCUT2D eigenvalue weighted by Gasteiger charge is 2.31. The van der Waals surface area contributed by atoms with Crippen molar-refractivity contribution in [1.82, 2.24) is 4.90 Å². The summed E-state index contributed by atoms with van der Waals surface area (Å²) in [6.45, 7) is 4.62. The fourth-order valence-electron chi connectivity index (χ4n) is 2.66. The Hall–Kier alpha value is -1.11. The summed E-state index contributed by atoms with van der Waals surface area (Å²) in [6, 6.07) is 4.34. The molecule has 1 amide bonds. The average molecular weight is 331 g/mol. The summed E-state index contributed by atoms with van der Waals surface area (Å²) in [5, 5.41) is 5.31. The third-order valence-corrected chi connectivity index (χ3v) is 5.14. The van der Waals surface area contributed by atoms with E-state index in [0.717, 1.165) is 12.8 Å². The minimum atomic E-state index is -4.00. The zero-order valence-corrected chi connectivity index (χ0v) is 13.6. The van der Waals surface area contributed by atoms with E-state index in [0.29, 0.717) is 12.5 Å². The van der Waals surface area contributed by atoms with Crippen molar-refractivity contribution < 1.29 is 13.2 Å². The Morgan fingerprint density at radius 3 is 2.62 bits per heavy atom. The molecule has 2 rings (SSSR count). The van der Waals surface area contributed by atoms with Gasteiger partial charge in [-0.25, -0.2) is 13.6 Å². The van der Waals surface area contributed by atoms with Crippen LogP contribution < -0.4 is 5.14 Å². The smallest absolute Gasteiger partial charge is 0.257 e. The first-order chi connectivity index (χ1) is 9.71. The number of carbonyl (C=O) groups is 1. The number of piperidine rings is 1. The lowest BCUT2D eigenvalue weighted by Crippen LogP contribution is -2.45. The average Bonchev–Trinajstić information content (AvgIpc) is 2.39. The van der Waals surface area contributed by atoms with Crippen LogP contribution in [0.1, 0.15) is 37.0 Å². The third kappa shape index (κ3) is 3.39. The number of benzene rings is 1. The molecule has 7 heteroatoms. The second kappa shape index (κ2) is 5.94. The van der Waals surface area contributed by atoms with Gasteiger partial charge in [-0.3, -0.25) is 4.79 Å². The molecular formula is C14H19ClN2O3S. The number of halogens is 1. The van der Waals surface area contributed by atoms with E-state index in [1.165, 1.54) is 18.2 Å². The zero-order valence-electron chi connectivity index (χ0n) is 12.0. The molecule has 5 nitrogen and oxygen atoms in total. The minimum Gasteiger partial charge on any atom is -0.336 e. The Labute approximate surface area is 130 Å². The Kier molecular flexibility index (Phi) is 4.60. The molecule has 2 atom stereocenters. The van der Waals surface area contributed by atoms with Gasteiger partial charge in [0.05, 0.1) is 15.5 Å². The number of amides is 1.